The Balaban J connectivity index is 2.67. The Labute approximate surface area is 141 Å². The number of rotatable bonds is 7. The van der Waals surface area contributed by atoms with E-state index in [0.29, 0.717) is 6.42 Å². The molecular formula is C19H26O2Si2. The van der Waals surface area contributed by atoms with Crippen LogP contribution in [0.5, 0.6) is 0 Å². The van der Waals surface area contributed by atoms with Gasteiger partial charge in [0.15, 0.2) is 0 Å². The van der Waals surface area contributed by atoms with Gasteiger partial charge in [-0.1, -0.05) is 80.3 Å². The lowest BCUT2D eigenvalue weighted by Crippen LogP contribution is -2.75. The summed E-state index contributed by atoms with van der Waals surface area (Å²) >= 11 is 0. The Morgan fingerprint density at radius 3 is 1.70 bits per heavy atom. The number of hydrogen-bond acceptors (Lipinski definition) is 2. The van der Waals surface area contributed by atoms with E-state index in [1.165, 1.54) is 10.4 Å². The number of hydrogen-bond donors (Lipinski definition) is 0. The van der Waals surface area contributed by atoms with Gasteiger partial charge in [-0.05, 0) is 17.3 Å². The summed E-state index contributed by atoms with van der Waals surface area (Å²) in [5.41, 5.74) is 0. The van der Waals surface area contributed by atoms with Crippen LogP contribution in [0.25, 0.3) is 0 Å². The van der Waals surface area contributed by atoms with Crippen molar-refractivity contribution >= 4 is 32.1 Å². The minimum Gasteiger partial charge on any atom is -0.408 e. The maximum Gasteiger partial charge on any atom is 0.240 e. The van der Waals surface area contributed by atoms with Gasteiger partial charge in [0.05, 0.1) is 7.59 Å². The van der Waals surface area contributed by atoms with Crippen molar-refractivity contribution in [3.05, 3.63) is 60.7 Å². The van der Waals surface area contributed by atoms with E-state index in [-0.39, 0.29) is 6.10 Å². The minimum atomic E-state index is -2.37. The molecule has 0 N–H and O–H groups in total. The molecule has 0 radical (unpaired) electrons. The first-order valence-electron chi connectivity index (χ1n) is 8.14. The molecule has 0 spiro atoms. The maximum atomic E-state index is 11.0. The Bertz CT molecular complexity index is 581. The van der Waals surface area contributed by atoms with Crippen LogP contribution >= 0.6 is 0 Å². The molecule has 0 aliphatic heterocycles. The van der Waals surface area contributed by atoms with Crippen LogP contribution in [-0.2, 0) is 9.22 Å². The molecule has 0 aliphatic rings. The average molecular weight is 343 g/mol. The van der Waals surface area contributed by atoms with Crippen LogP contribution in [0.15, 0.2) is 60.7 Å². The molecule has 0 amide bonds. The normalized spacial score (nSPS) is 13.6. The highest BCUT2D eigenvalue weighted by atomic mass is 29.3. The highest BCUT2D eigenvalue weighted by Gasteiger charge is 2.51. The highest BCUT2D eigenvalue weighted by Crippen LogP contribution is 2.23. The lowest BCUT2D eigenvalue weighted by atomic mass is 10.3. The largest absolute Gasteiger partial charge is 0.408 e. The molecule has 2 aromatic rings. The van der Waals surface area contributed by atoms with Crippen molar-refractivity contribution in [2.24, 2.45) is 0 Å². The summed E-state index contributed by atoms with van der Waals surface area (Å²) in [6.07, 6.45) is 1.34. The number of carbonyl (C=O) groups excluding carboxylic acids is 1. The summed E-state index contributed by atoms with van der Waals surface area (Å²) in [7, 11) is -4.08. The molecule has 23 heavy (non-hydrogen) atoms. The number of aldehydes is 1. The van der Waals surface area contributed by atoms with E-state index in [4.69, 9.17) is 4.43 Å². The van der Waals surface area contributed by atoms with E-state index in [9.17, 15) is 4.79 Å². The van der Waals surface area contributed by atoms with Gasteiger partial charge in [0.1, 0.15) is 6.29 Å². The summed E-state index contributed by atoms with van der Waals surface area (Å²) in [5.74, 6) is 0. The van der Waals surface area contributed by atoms with Crippen LogP contribution in [0.1, 0.15) is 13.3 Å². The zero-order chi connectivity index (χ0) is 16.9. The van der Waals surface area contributed by atoms with E-state index in [1.807, 2.05) is 19.1 Å². The predicted octanol–water partition coefficient (Wildman–Crippen LogP) is 3.16. The van der Waals surface area contributed by atoms with Gasteiger partial charge < -0.3 is 9.22 Å². The van der Waals surface area contributed by atoms with Gasteiger partial charge in [-0.3, -0.25) is 0 Å². The van der Waals surface area contributed by atoms with Crippen molar-refractivity contribution in [1.82, 2.24) is 0 Å². The first-order valence-corrected chi connectivity index (χ1v) is 14.5. The fourth-order valence-corrected chi connectivity index (χ4v) is 15.8. The molecule has 0 heterocycles. The fourth-order valence-electron chi connectivity index (χ4n) is 3.18. The average Bonchev–Trinajstić information content (AvgIpc) is 2.53. The molecule has 0 aliphatic carbocycles. The van der Waals surface area contributed by atoms with Crippen molar-refractivity contribution in [1.29, 1.82) is 0 Å². The first kappa shape index (κ1) is 17.9. The zero-order valence-electron chi connectivity index (χ0n) is 14.5. The van der Waals surface area contributed by atoms with E-state index in [1.54, 1.807) is 0 Å². The van der Waals surface area contributed by atoms with E-state index < -0.39 is 15.4 Å². The molecule has 2 nitrogen and oxygen atoms in total. The van der Waals surface area contributed by atoms with Crippen molar-refractivity contribution < 1.29 is 9.22 Å². The van der Waals surface area contributed by atoms with Gasteiger partial charge in [0.2, 0.25) is 7.83 Å². The Kier molecular flexibility index (Phi) is 5.73. The van der Waals surface area contributed by atoms with Crippen molar-refractivity contribution in [2.75, 3.05) is 0 Å². The van der Waals surface area contributed by atoms with Crippen LogP contribution < -0.4 is 10.4 Å². The standard InChI is InChI=1S/C19H26O2Si2/c1-17(15-16-20)21-23(22(2,3)4,18-11-7-5-8-12-18)19-13-9-6-10-14-19/h5-14,16-17H,15H2,1-4H3. The van der Waals surface area contributed by atoms with E-state index in [2.05, 4.69) is 68.2 Å². The third-order valence-corrected chi connectivity index (χ3v) is 17.8. The monoisotopic (exact) mass is 342 g/mol. The third kappa shape index (κ3) is 3.71. The topological polar surface area (TPSA) is 26.3 Å². The van der Waals surface area contributed by atoms with Crippen LogP contribution in [0.4, 0.5) is 0 Å². The lowest BCUT2D eigenvalue weighted by molar-refractivity contribution is -0.109. The molecule has 0 saturated carbocycles. The molecule has 1 atom stereocenters. The first-order chi connectivity index (χ1) is 10.9. The summed E-state index contributed by atoms with van der Waals surface area (Å²) < 4.78 is 6.78. The quantitative estimate of drug-likeness (QED) is 0.571. The Morgan fingerprint density at radius 1 is 0.913 bits per heavy atom. The fraction of sp³-hybridized carbons (Fsp3) is 0.316. The molecule has 1 unspecified atom stereocenters. The Hall–Kier alpha value is -1.50. The third-order valence-electron chi connectivity index (χ3n) is 4.22. The molecule has 0 bridgehead atoms. The summed E-state index contributed by atoms with van der Waals surface area (Å²) in [6, 6.07) is 21.3. The molecule has 4 heteroatoms. The molecule has 0 aromatic heterocycles. The van der Waals surface area contributed by atoms with Crippen molar-refractivity contribution in [3.8, 4) is 0 Å². The minimum absolute atomic E-state index is 0.0636. The van der Waals surface area contributed by atoms with Gasteiger partial charge in [-0.2, -0.15) is 0 Å². The summed E-state index contributed by atoms with van der Waals surface area (Å²) in [5, 5.41) is 2.62. The SMILES string of the molecule is CC(CC=O)O[Si](c1ccccc1)(c1ccccc1)[Si](C)(C)C. The smallest absolute Gasteiger partial charge is 0.240 e. The van der Waals surface area contributed by atoms with Gasteiger partial charge in [0, 0.05) is 12.5 Å². The van der Waals surface area contributed by atoms with Crippen molar-refractivity contribution in [2.45, 2.75) is 39.1 Å². The number of benzene rings is 2. The van der Waals surface area contributed by atoms with Gasteiger partial charge >= 0.3 is 0 Å². The van der Waals surface area contributed by atoms with Crippen LogP contribution in [0, 0.1) is 0 Å². The van der Waals surface area contributed by atoms with Crippen molar-refractivity contribution in [3.63, 3.8) is 0 Å². The summed E-state index contributed by atoms with van der Waals surface area (Å²) in [6.45, 7) is 9.16. The molecule has 0 saturated heterocycles. The lowest BCUT2D eigenvalue weighted by Gasteiger charge is -2.43. The van der Waals surface area contributed by atoms with Crippen LogP contribution in [0.2, 0.25) is 19.6 Å². The van der Waals surface area contributed by atoms with E-state index >= 15 is 0 Å². The van der Waals surface area contributed by atoms with Crippen LogP contribution in [0.3, 0.4) is 0 Å². The zero-order valence-corrected chi connectivity index (χ0v) is 16.5. The molecular weight excluding hydrogens is 316 g/mol. The number of carbonyl (C=O) groups is 1. The van der Waals surface area contributed by atoms with Gasteiger partial charge in [-0.15, -0.1) is 0 Å². The Morgan fingerprint density at radius 2 is 1.35 bits per heavy atom. The highest BCUT2D eigenvalue weighted by molar-refractivity contribution is 7.48. The van der Waals surface area contributed by atoms with Gasteiger partial charge in [-0.25, -0.2) is 0 Å². The molecule has 0 fully saturated rings. The second-order valence-electron chi connectivity index (χ2n) is 6.99. The second kappa shape index (κ2) is 7.38. The summed E-state index contributed by atoms with van der Waals surface area (Å²) in [4.78, 5) is 11.0. The molecule has 2 aromatic carbocycles. The second-order valence-corrected chi connectivity index (χ2v) is 20.9. The molecule has 122 valence electrons. The maximum absolute atomic E-state index is 11.0. The molecule has 2 rings (SSSR count). The van der Waals surface area contributed by atoms with E-state index in [0.717, 1.165) is 6.29 Å². The van der Waals surface area contributed by atoms with Crippen LogP contribution in [-0.4, -0.2) is 27.8 Å². The van der Waals surface area contributed by atoms with Gasteiger partial charge in [0.25, 0.3) is 0 Å². The predicted molar refractivity (Wildman–Crippen MR) is 102 cm³/mol.